The van der Waals surface area contributed by atoms with Crippen LogP contribution in [0.2, 0.25) is 0 Å². The van der Waals surface area contributed by atoms with E-state index in [2.05, 4.69) is 4.98 Å². The zero-order valence-electron chi connectivity index (χ0n) is 19.7. The van der Waals surface area contributed by atoms with Crippen LogP contribution in [0.1, 0.15) is 22.6 Å². The lowest BCUT2D eigenvalue weighted by molar-refractivity contribution is -0.139. The Balaban J connectivity index is 1.60. The first kappa shape index (κ1) is 23.3. The molecule has 0 saturated carbocycles. The van der Waals surface area contributed by atoms with Gasteiger partial charge < -0.3 is 4.90 Å². The molecule has 9 heteroatoms. The third-order valence-corrected chi connectivity index (χ3v) is 9.62. The van der Waals surface area contributed by atoms with Crippen LogP contribution in [0.25, 0.3) is 0 Å². The number of carbonyl (C=O) groups excluding carboxylic acids is 2. The van der Waals surface area contributed by atoms with Crippen molar-refractivity contribution in [3.05, 3.63) is 95.6 Å². The number of halogens is 1. The lowest BCUT2D eigenvalue weighted by Crippen LogP contribution is -2.62. The molecule has 2 amide bonds. The molecule has 6 nitrogen and oxygen atoms in total. The molecule has 2 fully saturated rings. The molecule has 6 rings (SSSR count). The molecule has 2 spiro atoms. The van der Waals surface area contributed by atoms with Crippen molar-refractivity contribution in [2.45, 2.75) is 22.7 Å². The molecule has 3 aliphatic heterocycles. The number of likely N-dealkylation sites (tertiary alicyclic amines) is 1. The van der Waals surface area contributed by atoms with Gasteiger partial charge in [0, 0.05) is 43.2 Å². The number of thioether (sulfide) groups is 1. The monoisotopic (exact) mass is 518 g/mol. The number of benzene rings is 2. The predicted octanol–water partition coefficient (Wildman–Crippen LogP) is 3.92. The summed E-state index contributed by atoms with van der Waals surface area (Å²) in [6.45, 7) is 0.703. The van der Waals surface area contributed by atoms with Crippen LogP contribution in [0.4, 0.5) is 10.1 Å². The van der Waals surface area contributed by atoms with E-state index < -0.39 is 22.0 Å². The van der Waals surface area contributed by atoms with Gasteiger partial charge in [-0.2, -0.15) is 0 Å². The van der Waals surface area contributed by atoms with Gasteiger partial charge in [0.1, 0.15) is 14.9 Å². The molecular formula is C27H23FN4O2S2. The largest absolute Gasteiger partial charge is 0.313 e. The maximum absolute atomic E-state index is 14.7. The van der Waals surface area contributed by atoms with Crippen molar-refractivity contribution in [3.8, 4) is 0 Å². The van der Waals surface area contributed by atoms with Crippen LogP contribution in [0.15, 0.2) is 73.1 Å². The molecule has 3 aromatic rings. The Labute approximate surface area is 218 Å². The van der Waals surface area contributed by atoms with E-state index in [9.17, 15) is 14.0 Å². The summed E-state index contributed by atoms with van der Waals surface area (Å²) in [6.07, 6.45) is 3.42. The van der Waals surface area contributed by atoms with Crippen LogP contribution < -0.4 is 4.90 Å². The number of thiocarbonyl (C=S) groups is 1. The van der Waals surface area contributed by atoms with Gasteiger partial charge in [0.25, 0.3) is 5.91 Å². The average Bonchev–Trinajstić information content (AvgIpc) is 3.38. The zero-order chi connectivity index (χ0) is 25.2. The Morgan fingerprint density at radius 2 is 1.86 bits per heavy atom. The molecule has 0 radical (unpaired) electrons. The second-order valence-corrected chi connectivity index (χ2v) is 11.3. The van der Waals surface area contributed by atoms with E-state index in [1.54, 1.807) is 30.4 Å². The van der Waals surface area contributed by atoms with Crippen LogP contribution in [-0.2, 0) is 21.7 Å². The number of rotatable bonds is 3. The van der Waals surface area contributed by atoms with Crippen molar-refractivity contribution in [2.24, 2.45) is 0 Å². The van der Waals surface area contributed by atoms with E-state index in [1.165, 1.54) is 28.8 Å². The van der Waals surface area contributed by atoms with Crippen LogP contribution in [0.3, 0.4) is 0 Å². The first-order chi connectivity index (χ1) is 17.3. The van der Waals surface area contributed by atoms with Gasteiger partial charge in [-0.15, -0.1) is 0 Å². The van der Waals surface area contributed by atoms with Crippen molar-refractivity contribution >= 4 is 45.8 Å². The van der Waals surface area contributed by atoms with Crippen molar-refractivity contribution in [1.82, 2.24) is 14.8 Å². The summed E-state index contributed by atoms with van der Waals surface area (Å²) in [5, 5.41) is 0. The number of hydrogen-bond donors (Lipinski definition) is 0. The highest BCUT2D eigenvalue weighted by molar-refractivity contribution is 8.25. The van der Waals surface area contributed by atoms with Gasteiger partial charge in [-0.3, -0.25) is 24.4 Å². The molecule has 0 N–H and O–H groups in total. The molecule has 2 saturated heterocycles. The molecule has 0 unspecified atom stereocenters. The standard InChI is InChI=1S/C27H23FN4O2S2/c1-30-16-21(18-9-6-12-29-14-18)27(24(34)32(25(35)36-27)15-17-7-4-3-5-8-17)26(30)20-13-19(28)10-11-22(20)31(2)23(26)33/h3-14,21H,15-16H2,1-2H3/t21-,26-,27-/m0/s1. The van der Waals surface area contributed by atoms with E-state index in [-0.39, 0.29) is 11.8 Å². The van der Waals surface area contributed by atoms with E-state index in [0.29, 0.717) is 28.7 Å². The Kier molecular flexibility index (Phi) is 5.30. The summed E-state index contributed by atoms with van der Waals surface area (Å²) in [7, 11) is 3.51. The molecule has 1 aromatic heterocycles. The van der Waals surface area contributed by atoms with E-state index in [1.807, 2.05) is 54.4 Å². The van der Waals surface area contributed by atoms with Gasteiger partial charge in [-0.25, -0.2) is 4.39 Å². The van der Waals surface area contributed by atoms with Crippen molar-refractivity contribution in [3.63, 3.8) is 0 Å². The first-order valence-electron chi connectivity index (χ1n) is 11.6. The SMILES string of the molecule is CN1C(=O)[C@]2(c3cc(F)ccc31)N(C)C[C@@H](c1cccnc1)[C@@]21SC(=S)N(Cc2ccccc2)C1=O. The van der Waals surface area contributed by atoms with Gasteiger partial charge in [-0.1, -0.05) is 60.4 Å². The number of aromatic nitrogens is 1. The van der Waals surface area contributed by atoms with Crippen molar-refractivity contribution in [1.29, 1.82) is 0 Å². The molecular weight excluding hydrogens is 495 g/mol. The highest BCUT2D eigenvalue weighted by Crippen LogP contribution is 2.66. The highest BCUT2D eigenvalue weighted by Gasteiger charge is 2.78. The number of hydrogen-bond acceptors (Lipinski definition) is 6. The van der Waals surface area contributed by atoms with Gasteiger partial charge in [-0.05, 0) is 42.4 Å². The van der Waals surface area contributed by atoms with Gasteiger partial charge in [0.05, 0.1) is 6.54 Å². The lowest BCUT2D eigenvalue weighted by Gasteiger charge is -2.42. The van der Waals surface area contributed by atoms with Gasteiger partial charge in [0.15, 0.2) is 5.54 Å². The molecule has 2 aromatic carbocycles. The summed E-state index contributed by atoms with van der Waals surface area (Å²) < 4.78 is 13.8. The quantitative estimate of drug-likeness (QED) is 0.490. The first-order valence-corrected chi connectivity index (χ1v) is 12.8. The second-order valence-electron chi connectivity index (χ2n) is 9.44. The lowest BCUT2D eigenvalue weighted by atomic mass is 9.72. The topological polar surface area (TPSA) is 56.8 Å². The number of amides is 2. The number of fused-ring (bicyclic) bond motifs is 3. The molecule has 3 atom stereocenters. The third-order valence-electron chi connectivity index (χ3n) is 7.68. The van der Waals surface area contributed by atoms with Crippen molar-refractivity contribution in [2.75, 3.05) is 25.5 Å². The molecule has 3 aliphatic rings. The van der Waals surface area contributed by atoms with Crippen molar-refractivity contribution < 1.29 is 14.0 Å². The minimum Gasteiger partial charge on any atom is -0.313 e. The van der Waals surface area contributed by atoms with E-state index in [4.69, 9.17) is 12.2 Å². The third kappa shape index (κ3) is 2.87. The normalized spacial score (nSPS) is 27.6. The Morgan fingerprint density at radius 1 is 1.08 bits per heavy atom. The molecule has 182 valence electrons. The fraction of sp³-hybridized carbons (Fsp3) is 0.259. The summed E-state index contributed by atoms with van der Waals surface area (Å²) in [4.78, 5) is 38.3. The molecule has 4 heterocycles. The van der Waals surface area contributed by atoms with Gasteiger partial charge >= 0.3 is 0 Å². The number of anilines is 1. The minimum atomic E-state index is -1.43. The average molecular weight is 519 g/mol. The fourth-order valence-corrected chi connectivity index (χ4v) is 8.28. The van der Waals surface area contributed by atoms with Crippen LogP contribution in [-0.4, -0.2) is 56.3 Å². The minimum absolute atomic E-state index is 0.238. The summed E-state index contributed by atoms with van der Waals surface area (Å²) in [5.74, 6) is -1.36. The molecule has 0 aliphatic carbocycles. The highest BCUT2D eigenvalue weighted by atomic mass is 32.2. The number of carbonyl (C=O) groups is 2. The zero-order valence-corrected chi connectivity index (χ0v) is 21.4. The second kappa shape index (κ2) is 8.19. The Hall–Kier alpha value is -3.14. The predicted molar refractivity (Wildman–Crippen MR) is 141 cm³/mol. The maximum atomic E-state index is 14.7. The summed E-state index contributed by atoms with van der Waals surface area (Å²) in [6, 6.07) is 17.8. The Bertz CT molecular complexity index is 1410. The number of pyridine rings is 1. The van der Waals surface area contributed by atoms with Gasteiger partial charge in [0.2, 0.25) is 5.91 Å². The molecule has 0 bridgehead atoms. The smallest absolute Gasteiger partial charge is 0.254 e. The summed E-state index contributed by atoms with van der Waals surface area (Å²) >= 11 is 7.07. The summed E-state index contributed by atoms with van der Waals surface area (Å²) in [5.41, 5.74) is 1.43. The number of likely N-dealkylation sites (N-methyl/N-ethyl adjacent to an activating group) is 2. The van der Waals surface area contributed by atoms with E-state index >= 15 is 0 Å². The van der Waals surface area contributed by atoms with Crippen LogP contribution >= 0.6 is 24.0 Å². The molecule has 36 heavy (non-hydrogen) atoms. The van der Waals surface area contributed by atoms with Crippen LogP contribution in [0.5, 0.6) is 0 Å². The van der Waals surface area contributed by atoms with Crippen LogP contribution in [0, 0.1) is 5.82 Å². The Morgan fingerprint density at radius 3 is 2.58 bits per heavy atom. The maximum Gasteiger partial charge on any atom is 0.254 e. The fourth-order valence-electron chi connectivity index (χ4n) is 6.15. The van der Waals surface area contributed by atoms with E-state index in [0.717, 1.165) is 11.1 Å². The number of nitrogens with zero attached hydrogens (tertiary/aromatic N) is 4.